The highest BCUT2D eigenvalue weighted by Gasteiger charge is 2.22. The number of fused-ring (bicyclic) bond motifs is 1. The smallest absolute Gasteiger partial charge is 0.227 e. The van der Waals surface area contributed by atoms with E-state index in [0.717, 1.165) is 29.0 Å². The van der Waals surface area contributed by atoms with Gasteiger partial charge in [-0.3, -0.25) is 4.79 Å². The number of carbonyl (C=O) groups is 1. The summed E-state index contributed by atoms with van der Waals surface area (Å²) in [6, 6.07) is 3.98. The van der Waals surface area contributed by atoms with E-state index in [-0.39, 0.29) is 5.91 Å². The quantitative estimate of drug-likeness (QED) is 0.866. The Morgan fingerprint density at radius 1 is 1.38 bits per heavy atom. The van der Waals surface area contributed by atoms with Crippen molar-refractivity contribution in [2.45, 2.75) is 19.3 Å². The zero-order valence-electron chi connectivity index (χ0n) is 11.9. The Balaban J connectivity index is 1.71. The van der Waals surface area contributed by atoms with Crippen molar-refractivity contribution in [1.82, 2.24) is 14.9 Å². The molecule has 0 fully saturated rings. The number of hydrogen-bond acceptors (Lipinski definition) is 5. The number of nitrogens with zero attached hydrogens (tertiary/aromatic N) is 3. The lowest BCUT2D eigenvalue weighted by atomic mass is 10.1. The molecule has 6 heteroatoms. The molecule has 1 aliphatic heterocycles. The van der Waals surface area contributed by atoms with Crippen LogP contribution in [0.25, 0.3) is 0 Å². The van der Waals surface area contributed by atoms with Crippen LogP contribution in [0.15, 0.2) is 23.8 Å². The van der Waals surface area contributed by atoms with Crippen LogP contribution in [0.3, 0.4) is 0 Å². The van der Waals surface area contributed by atoms with Gasteiger partial charge in [-0.1, -0.05) is 6.07 Å². The van der Waals surface area contributed by atoms with Crippen molar-refractivity contribution in [3.8, 4) is 5.88 Å². The number of hydrogen-bond donors (Lipinski definition) is 0. The summed E-state index contributed by atoms with van der Waals surface area (Å²) in [5, 5.41) is 2.00. The first kappa shape index (κ1) is 14.0. The Labute approximate surface area is 127 Å². The minimum Gasteiger partial charge on any atom is -0.481 e. The number of ether oxygens (including phenoxy) is 1. The van der Waals surface area contributed by atoms with Gasteiger partial charge < -0.3 is 9.64 Å². The van der Waals surface area contributed by atoms with Gasteiger partial charge in [0.1, 0.15) is 6.33 Å². The lowest BCUT2D eigenvalue weighted by Crippen LogP contribution is -2.34. The molecular weight excluding hydrogens is 286 g/mol. The SMILES string of the molecule is COc1ncnc2c1CCN(C(=O)Cc1cccs1)CC2. The van der Waals surface area contributed by atoms with Crippen LogP contribution in [0.4, 0.5) is 0 Å². The molecule has 0 saturated carbocycles. The summed E-state index contributed by atoms with van der Waals surface area (Å²) in [6.07, 6.45) is 3.51. The summed E-state index contributed by atoms with van der Waals surface area (Å²) >= 11 is 1.62. The number of aromatic nitrogens is 2. The largest absolute Gasteiger partial charge is 0.481 e. The van der Waals surface area contributed by atoms with Gasteiger partial charge in [-0.2, -0.15) is 0 Å². The monoisotopic (exact) mass is 303 g/mol. The molecule has 0 aromatic carbocycles. The summed E-state index contributed by atoms with van der Waals surface area (Å²) in [6.45, 7) is 1.40. The van der Waals surface area contributed by atoms with Gasteiger partial charge in [-0.15, -0.1) is 11.3 Å². The molecule has 2 aromatic heterocycles. The van der Waals surface area contributed by atoms with Crippen molar-refractivity contribution in [2.24, 2.45) is 0 Å². The van der Waals surface area contributed by atoms with Gasteiger partial charge in [-0.25, -0.2) is 9.97 Å². The molecule has 0 atom stereocenters. The highest BCUT2D eigenvalue weighted by Crippen LogP contribution is 2.22. The van der Waals surface area contributed by atoms with E-state index in [0.29, 0.717) is 25.4 Å². The van der Waals surface area contributed by atoms with E-state index >= 15 is 0 Å². The third-order valence-corrected chi connectivity index (χ3v) is 4.57. The molecule has 0 radical (unpaired) electrons. The Morgan fingerprint density at radius 3 is 3.00 bits per heavy atom. The first-order valence-electron chi connectivity index (χ1n) is 6.95. The van der Waals surface area contributed by atoms with E-state index in [1.54, 1.807) is 18.4 Å². The van der Waals surface area contributed by atoms with E-state index in [1.807, 2.05) is 22.4 Å². The van der Waals surface area contributed by atoms with Crippen LogP contribution in [-0.2, 0) is 24.1 Å². The Morgan fingerprint density at radius 2 is 2.24 bits per heavy atom. The molecule has 3 rings (SSSR count). The molecule has 21 heavy (non-hydrogen) atoms. The number of amides is 1. The molecular formula is C15H17N3O2S. The van der Waals surface area contributed by atoms with Gasteiger partial charge in [0.15, 0.2) is 0 Å². The minimum absolute atomic E-state index is 0.178. The summed E-state index contributed by atoms with van der Waals surface area (Å²) in [4.78, 5) is 23.9. The number of carbonyl (C=O) groups excluding carboxylic acids is 1. The Bertz CT molecular complexity index is 628. The third-order valence-electron chi connectivity index (χ3n) is 3.70. The van der Waals surface area contributed by atoms with E-state index in [4.69, 9.17) is 4.74 Å². The first-order chi connectivity index (χ1) is 10.3. The van der Waals surface area contributed by atoms with Crippen molar-refractivity contribution in [3.05, 3.63) is 40.0 Å². The second kappa shape index (κ2) is 6.22. The highest BCUT2D eigenvalue weighted by atomic mass is 32.1. The molecule has 0 saturated heterocycles. The van der Waals surface area contributed by atoms with Gasteiger partial charge in [0.2, 0.25) is 11.8 Å². The summed E-state index contributed by atoms with van der Waals surface area (Å²) in [5.41, 5.74) is 2.03. The van der Waals surface area contributed by atoms with Crippen LogP contribution >= 0.6 is 11.3 Å². The average Bonchev–Trinajstić information content (AvgIpc) is 2.90. The molecule has 1 aliphatic rings. The zero-order valence-corrected chi connectivity index (χ0v) is 12.7. The summed E-state index contributed by atoms with van der Waals surface area (Å²) in [5.74, 6) is 0.810. The molecule has 0 spiro atoms. The molecule has 110 valence electrons. The van der Waals surface area contributed by atoms with E-state index in [9.17, 15) is 4.79 Å². The molecule has 5 nitrogen and oxygen atoms in total. The maximum Gasteiger partial charge on any atom is 0.227 e. The lowest BCUT2D eigenvalue weighted by molar-refractivity contribution is -0.130. The zero-order chi connectivity index (χ0) is 14.7. The number of rotatable bonds is 3. The fourth-order valence-corrected chi connectivity index (χ4v) is 3.29. The fraction of sp³-hybridized carbons (Fsp3) is 0.400. The summed E-state index contributed by atoms with van der Waals surface area (Å²) < 4.78 is 5.30. The lowest BCUT2D eigenvalue weighted by Gasteiger charge is -2.19. The van der Waals surface area contributed by atoms with Gasteiger partial charge in [0.05, 0.1) is 19.2 Å². The number of thiophene rings is 1. The highest BCUT2D eigenvalue weighted by molar-refractivity contribution is 7.10. The van der Waals surface area contributed by atoms with Gasteiger partial charge in [0.25, 0.3) is 0 Å². The minimum atomic E-state index is 0.178. The molecule has 0 bridgehead atoms. The standard InChI is InChI=1S/C15H17N3O2S/c1-20-15-12-4-6-18(7-5-13(12)16-10-17-15)14(19)9-11-3-2-8-21-11/h2-3,8,10H,4-7,9H2,1H3. The Kier molecular flexibility index (Phi) is 4.15. The van der Waals surface area contributed by atoms with Crippen molar-refractivity contribution in [2.75, 3.05) is 20.2 Å². The molecule has 0 N–H and O–H groups in total. The van der Waals surface area contributed by atoms with Crippen molar-refractivity contribution in [1.29, 1.82) is 0 Å². The number of methoxy groups -OCH3 is 1. The molecule has 3 heterocycles. The Hall–Kier alpha value is -1.95. The molecule has 2 aromatic rings. The van der Waals surface area contributed by atoms with E-state index < -0.39 is 0 Å². The van der Waals surface area contributed by atoms with Gasteiger partial charge in [-0.05, 0) is 17.9 Å². The van der Waals surface area contributed by atoms with Crippen LogP contribution in [0.5, 0.6) is 5.88 Å². The van der Waals surface area contributed by atoms with Crippen LogP contribution in [-0.4, -0.2) is 41.0 Å². The predicted molar refractivity (Wildman–Crippen MR) is 80.6 cm³/mol. The maximum atomic E-state index is 12.4. The van der Waals surface area contributed by atoms with Crippen LogP contribution < -0.4 is 4.74 Å². The average molecular weight is 303 g/mol. The first-order valence-corrected chi connectivity index (χ1v) is 7.83. The van der Waals surface area contributed by atoms with Crippen LogP contribution in [0.1, 0.15) is 16.1 Å². The topological polar surface area (TPSA) is 55.3 Å². The summed E-state index contributed by atoms with van der Waals surface area (Å²) in [7, 11) is 1.62. The molecule has 0 aliphatic carbocycles. The third kappa shape index (κ3) is 3.05. The molecule has 0 unspecified atom stereocenters. The second-order valence-corrected chi connectivity index (χ2v) is 5.98. The fourth-order valence-electron chi connectivity index (χ4n) is 2.60. The molecule has 1 amide bonds. The van der Waals surface area contributed by atoms with Gasteiger partial charge >= 0.3 is 0 Å². The maximum absolute atomic E-state index is 12.4. The van der Waals surface area contributed by atoms with Crippen LogP contribution in [0, 0.1) is 0 Å². The second-order valence-electron chi connectivity index (χ2n) is 4.95. The normalized spacial score (nSPS) is 14.4. The van der Waals surface area contributed by atoms with Crippen molar-refractivity contribution >= 4 is 17.2 Å². The van der Waals surface area contributed by atoms with Crippen molar-refractivity contribution < 1.29 is 9.53 Å². The van der Waals surface area contributed by atoms with Crippen molar-refractivity contribution in [3.63, 3.8) is 0 Å². The predicted octanol–water partition coefficient (Wildman–Crippen LogP) is 1.72. The van der Waals surface area contributed by atoms with Gasteiger partial charge in [0, 0.05) is 30.0 Å². The van der Waals surface area contributed by atoms with E-state index in [1.165, 1.54) is 6.33 Å². The van der Waals surface area contributed by atoms with Crippen LogP contribution in [0.2, 0.25) is 0 Å². The van der Waals surface area contributed by atoms with E-state index in [2.05, 4.69) is 9.97 Å².